The van der Waals surface area contributed by atoms with Crippen molar-refractivity contribution in [1.82, 2.24) is 44.9 Å². The summed E-state index contributed by atoms with van der Waals surface area (Å²) in [5.74, 6) is 1.77. The van der Waals surface area contributed by atoms with Crippen molar-refractivity contribution in [3.63, 3.8) is 0 Å². The molecule has 0 fully saturated rings. The first-order valence-corrected chi connectivity index (χ1v) is 11.2. The predicted octanol–water partition coefficient (Wildman–Crippen LogP) is 5.28. The van der Waals surface area contributed by atoms with Gasteiger partial charge in [0.15, 0.2) is 0 Å². The fraction of sp³-hybridized carbons (Fsp3) is 0. The Kier molecular flexibility index (Phi) is 3.69. The third-order valence-corrected chi connectivity index (χ3v) is 6.19. The molecule has 6 aromatic rings. The molecule has 172 valence electrons. The van der Waals surface area contributed by atoms with Crippen LogP contribution in [0.15, 0.2) is 67.5 Å². The van der Waals surface area contributed by atoms with Gasteiger partial charge in [-0.05, 0) is 24.3 Å². The molecule has 2 aliphatic rings. The second-order valence-electron chi connectivity index (χ2n) is 8.32. The zero-order chi connectivity index (χ0) is 23.6. The number of rotatable bonds is 4. The number of pyridine rings is 2. The summed E-state index contributed by atoms with van der Waals surface area (Å²) in [6.07, 6.45) is 8.27. The number of H-pyrrole nitrogens is 4. The van der Waals surface area contributed by atoms with Crippen molar-refractivity contribution in [2.75, 3.05) is 0 Å². The minimum absolute atomic E-state index is 0.354. The molecule has 0 saturated carbocycles. The maximum absolute atomic E-state index is 6.13. The van der Waals surface area contributed by atoms with E-state index in [0.717, 1.165) is 44.1 Å². The van der Waals surface area contributed by atoms with E-state index >= 15 is 0 Å². The van der Waals surface area contributed by atoms with Crippen LogP contribution in [-0.2, 0) is 0 Å². The Bertz CT molecular complexity index is 1890. The monoisotopic (exact) mass is 473 g/mol. The van der Waals surface area contributed by atoms with E-state index in [1.54, 1.807) is 24.8 Å². The molecule has 2 aliphatic heterocycles. The molecule has 0 aromatic carbocycles. The van der Waals surface area contributed by atoms with Gasteiger partial charge >= 0.3 is 0 Å². The number of hydrogen-bond donors (Lipinski definition) is 4. The number of ether oxygens (including phenoxy) is 2. The van der Waals surface area contributed by atoms with E-state index in [4.69, 9.17) is 9.47 Å². The van der Waals surface area contributed by atoms with Crippen LogP contribution in [0.1, 0.15) is 0 Å². The third kappa shape index (κ3) is 2.76. The van der Waals surface area contributed by atoms with Crippen molar-refractivity contribution < 1.29 is 9.47 Å². The number of aromatic amines is 4. The highest BCUT2D eigenvalue weighted by molar-refractivity contribution is 6.06. The average molecular weight is 473 g/mol. The van der Waals surface area contributed by atoms with E-state index in [1.807, 2.05) is 36.4 Å². The lowest BCUT2D eigenvalue weighted by atomic mass is 10.2. The molecule has 0 radical (unpaired) electrons. The lowest BCUT2D eigenvalue weighted by Crippen LogP contribution is -1.89. The maximum atomic E-state index is 6.13. The molecular weight excluding hydrogens is 458 g/mol. The lowest BCUT2D eigenvalue weighted by molar-refractivity contribution is 0.450. The Labute approximate surface area is 200 Å². The fourth-order valence-electron chi connectivity index (χ4n) is 4.58. The standard InChI is InChI=1S/C25H15N9O2/c1-3-12-14-7-18(31-22(14)33-20(12)27-5-1)35-24-16-9-26-10-17(16)25(30-11-29-24)36-19-8-15-13-4-2-6-28-21(13)34-23(15)32-19/h1-11,31-32H,(H,27,33)(H,28,34). The van der Waals surface area contributed by atoms with E-state index < -0.39 is 0 Å². The number of fused-ring (bicyclic) bond motifs is 7. The molecular formula is C25H15N9O2. The van der Waals surface area contributed by atoms with E-state index in [2.05, 4.69) is 44.9 Å². The molecule has 0 bridgehead atoms. The van der Waals surface area contributed by atoms with Crippen LogP contribution in [0.4, 0.5) is 0 Å². The highest BCUT2D eigenvalue weighted by Crippen LogP contribution is 2.39. The SMILES string of the molecule is c1cnc2[nH]c3[nH]c(Oc4ncnc(Oc5cc6c([nH]5)[nH]c5ncccc56)c5cncc4-5)cc3c2c1. The zero-order valence-electron chi connectivity index (χ0n) is 18.4. The van der Waals surface area contributed by atoms with Gasteiger partial charge in [0.25, 0.3) is 0 Å². The third-order valence-electron chi connectivity index (χ3n) is 6.19. The van der Waals surface area contributed by atoms with Gasteiger partial charge in [0.1, 0.15) is 28.9 Å². The molecule has 11 heteroatoms. The van der Waals surface area contributed by atoms with Gasteiger partial charge < -0.3 is 29.4 Å². The van der Waals surface area contributed by atoms with E-state index in [0.29, 0.717) is 34.6 Å². The highest BCUT2D eigenvalue weighted by Gasteiger charge is 2.20. The number of hydrogen-bond acceptors (Lipinski definition) is 7. The van der Waals surface area contributed by atoms with Gasteiger partial charge in [-0.2, -0.15) is 0 Å². The normalized spacial score (nSPS) is 11.9. The van der Waals surface area contributed by atoms with Crippen molar-refractivity contribution in [3.8, 4) is 34.6 Å². The van der Waals surface area contributed by atoms with Gasteiger partial charge in [-0.1, -0.05) is 0 Å². The van der Waals surface area contributed by atoms with Crippen molar-refractivity contribution in [2.24, 2.45) is 0 Å². The molecule has 0 unspecified atom stereocenters. The zero-order valence-corrected chi connectivity index (χ0v) is 18.4. The quantitative estimate of drug-likeness (QED) is 0.272. The Balaban J connectivity index is 1.14. The van der Waals surface area contributed by atoms with E-state index in [9.17, 15) is 0 Å². The summed E-state index contributed by atoms with van der Waals surface area (Å²) in [6.45, 7) is 0. The van der Waals surface area contributed by atoms with Crippen LogP contribution in [0.2, 0.25) is 0 Å². The Hall–Kier alpha value is -5.45. The smallest absolute Gasteiger partial charge is 0.232 e. The molecule has 8 rings (SSSR count). The largest absolute Gasteiger partial charge is 0.422 e. The summed E-state index contributed by atoms with van der Waals surface area (Å²) in [4.78, 5) is 34.8. The van der Waals surface area contributed by atoms with Crippen LogP contribution in [0.25, 0.3) is 55.3 Å². The molecule has 0 amide bonds. The van der Waals surface area contributed by atoms with Crippen molar-refractivity contribution in [2.45, 2.75) is 0 Å². The summed E-state index contributed by atoms with van der Waals surface area (Å²) < 4.78 is 12.3. The Morgan fingerprint density at radius 2 is 1.11 bits per heavy atom. The highest BCUT2D eigenvalue weighted by atomic mass is 16.5. The predicted molar refractivity (Wildman–Crippen MR) is 132 cm³/mol. The number of aromatic nitrogens is 9. The van der Waals surface area contributed by atoms with Gasteiger partial charge in [0.05, 0.1) is 11.1 Å². The first kappa shape index (κ1) is 18.9. The van der Waals surface area contributed by atoms with Gasteiger partial charge in [0, 0.05) is 58.5 Å². The van der Waals surface area contributed by atoms with Gasteiger partial charge in [0.2, 0.25) is 23.5 Å². The molecule has 0 spiro atoms. The van der Waals surface area contributed by atoms with Gasteiger partial charge in [-0.25, -0.2) is 19.9 Å². The van der Waals surface area contributed by atoms with Crippen LogP contribution in [0, 0.1) is 0 Å². The molecule has 36 heavy (non-hydrogen) atoms. The Morgan fingerprint density at radius 1 is 0.583 bits per heavy atom. The Morgan fingerprint density at radius 3 is 1.64 bits per heavy atom. The maximum Gasteiger partial charge on any atom is 0.232 e. The van der Waals surface area contributed by atoms with Crippen molar-refractivity contribution in [1.29, 1.82) is 0 Å². The van der Waals surface area contributed by atoms with Crippen LogP contribution < -0.4 is 9.47 Å². The van der Waals surface area contributed by atoms with E-state index in [1.165, 1.54) is 6.33 Å². The fourth-order valence-corrected chi connectivity index (χ4v) is 4.58. The van der Waals surface area contributed by atoms with Crippen molar-refractivity contribution in [3.05, 3.63) is 67.5 Å². The molecule has 0 atom stereocenters. The number of nitrogens with zero attached hydrogens (tertiary/aromatic N) is 5. The summed E-state index contributed by atoms with van der Waals surface area (Å²) >= 11 is 0. The van der Waals surface area contributed by atoms with Crippen LogP contribution in [0.3, 0.4) is 0 Å². The van der Waals surface area contributed by atoms with Gasteiger partial charge in [-0.15, -0.1) is 0 Å². The topological polar surface area (TPSA) is 146 Å². The molecule has 11 nitrogen and oxygen atoms in total. The number of nitrogens with one attached hydrogen (secondary N) is 4. The van der Waals surface area contributed by atoms with E-state index in [-0.39, 0.29) is 0 Å². The van der Waals surface area contributed by atoms with Crippen LogP contribution in [0.5, 0.6) is 23.5 Å². The second kappa shape index (κ2) is 7.03. The van der Waals surface area contributed by atoms with Crippen LogP contribution >= 0.6 is 0 Å². The first-order chi connectivity index (χ1) is 17.8. The molecule has 4 N–H and O–H groups in total. The summed E-state index contributed by atoms with van der Waals surface area (Å²) in [5, 5.41) is 3.98. The molecule has 0 aliphatic carbocycles. The molecule has 6 aromatic heterocycles. The molecule has 8 heterocycles. The minimum Gasteiger partial charge on any atom is -0.422 e. The summed E-state index contributed by atoms with van der Waals surface area (Å²) in [6, 6.07) is 11.6. The molecule has 0 saturated heterocycles. The summed E-state index contributed by atoms with van der Waals surface area (Å²) in [7, 11) is 0. The second-order valence-corrected chi connectivity index (χ2v) is 8.32. The minimum atomic E-state index is 0.354. The summed E-state index contributed by atoms with van der Waals surface area (Å²) in [5.41, 5.74) is 4.60. The first-order valence-electron chi connectivity index (χ1n) is 11.2. The van der Waals surface area contributed by atoms with Gasteiger partial charge in [-0.3, -0.25) is 4.98 Å². The van der Waals surface area contributed by atoms with Crippen molar-refractivity contribution >= 4 is 44.1 Å². The van der Waals surface area contributed by atoms with Crippen LogP contribution in [-0.4, -0.2) is 44.9 Å². The lowest BCUT2D eigenvalue weighted by Gasteiger charge is -2.05. The average Bonchev–Trinajstić information content (AvgIpc) is 3.68.